The van der Waals surface area contributed by atoms with Gasteiger partial charge in [0.2, 0.25) is 0 Å². The zero-order valence-electron chi connectivity index (χ0n) is 13.2. The van der Waals surface area contributed by atoms with Gasteiger partial charge in [0.1, 0.15) is 5.01 Å². The van der Waals surface area contributed by atoms with Crippen LogP contribution in [0.5, 0.6) is 0 Å². The third-order valence-corrected chi connectivity index (χ3v) is 5.01. The van der Waals surface area contributed by atoms with Crippen molar-refractivity contribution in [3.05, 3.63) is 64.0 Å². The predicted octanol–water partition coefficient (Wildman–Crippen LogP) is 4.86. The number of benzene rings is 2. The SMILES string of the molecule is Cc1ccc(-c2nc(-c3cccc(CN)c3)sc2C)cc1C. The normalized spacial score (nSPS) is 10.9. The summed E-state index contributed by atoms with van der Waals surface area (Å²) in [6, 6.07) is 14.9. The summed E-state index contributed by atoms with van der Waals surface area (Å²) in [7, 11) is 0. The summed E-state index contributed by atoms with van der Waals surface area (Å²) in [5.41, 5.74) is 12.9. The zero-order chi connectivity index (χ0) is 15.7. The van der Waals surface area contributed by atoms with E-state index in [-0.39, 0.29) is 0 Å². The molecular weight excluding hydrogens is 288 g/mol. The third kappa shape index (κ3) is 2.82. The Hall–Kier alpha value is -1.97. The standard InChI is InChI=1S/C19H20N2S/c1-12-7-8-16(9-13(12)2)18-14(3)22-19(21-18)17-6-4-5-15(10-17)11-20/h4-10H,11,20H2,1-3H3. The van der Waals surface area contributed by atoms with Gasteiger partial charge in [0.25, 0.3) is 0 Å². The summed E-state index contributed by atoms with van der Waals surface area (Å²) in [6.07, 6.45) is 0. The van der Waals surface area contributed by atoms with Crippen molar-refractivity contribution < 1.29 is 0 Å². The maximum atomic E-state index is 5.74. The molecule has 0 aliphatic rings. The lowest BCUT2D eigenvalue weighted by atomic mass is 10.0. The van der Waals surface area contributed by atoms with Gasteiger partial charge in [0, 0.05) is 22.5 Å². The number of hydrogen-bond donors (Lipinski definition) is 1. The molecule has 0 spiro atoms. The second-order valence-corrected chi connectivity index (χ2v) is 6.83. The van der Waals surface area contributed by atoms with Crippen molar-refractivity contribution in [2.24, 2.45) is 5.73 Å². The number of rotatable bonds is 3. The molecule has 2 nitrogen and oxygen atoms in total. The van der Waals surface area contributed by atoms with Crippen LogP contribution < -0.4 is 5.73 Å². The van der Waals surface area contributed by atoms with E-state index >= 15 is 0 Å². The van der Waals surface area contributed by atoms with E-state index in [1.807, 2.05) is 12.1 Å². The summed E-state index contributed by atoms with van der Waals surface area (Å²) in [5, 5.41) is 1.06. The van der Waals surface area contributed by atoms with Gasteiger partial charge in [0.15, 0.2) is 0 Å². The summed E-state index contributed by atoms with van der Waals surface area (Å²) < 4.78 is 0. The summed E-state index contributed by atoms with van der Waals surface area (Å²) in [4.78, 5) is 6.12. The van der Waals surface area contributed by atoms with E-state index in [2.05, 4.69) is 51.1 Å². The van der Waals surface area contributed by atoms with Gasteiger partial charge in [-0.1, -0.05) is 30.3 Å². The minimum absolute atomic E-state index is 0.558. The molecule has 0 bridgehead atoms. The number of nitrogens with two attached hydrogens (primary N) is 1. The smallest absolute Gasteiger partial charge is 0.124 e. The first-order chi connectivity index (χ1) is 10.6. The number of aryl methyl sites for hydroxylation is 3. The van der Waals surface area contributed by atoms with E-state index < -0.39 is 0 Å². The molecule has 0 amide bonds. The van der Waals surface area contributed by atoms with E-state index in [1.54, 1.807) is 11.3 Å². The third-order valence-electron chi connectivity index (χ3n) is 3.99. The maximum Gasteiger partial charge on any atom is 0.124 e. The Morgan fingerprint density at radius 3 is 2.50 bits per heavy atom. The molecule has 0 saturated heterocycles. The molecule has 3 aromatic rings. The predicted molar refractivity (Wildman–Crippen MR) is 95.1 cm³/mol. The van der Waals surface area contributed by atoms with Crippen molar-refractivity contribution in [2.75, 3.05) is 0 Å². The molecule has 112 valence electrons. The van der Waals surface area contributed by atoms with E-state index in [1.165, 1.54) is 21.6 Å². The summed E-state index contributed by atoms with van der Waals surface area (Å²) in [5.74, 6) is 0. The molecule has 0 unspecified atom stereocenters. The topological polar surface area (TPSA) is 38.9 Å². The molecular formula is C19H20N2S. The van der Waals surface area contributed by atoms with Gasteiger partial charge in [-0.25, -0.2) is 4.98 Å². The average Bonchev–Trinajstić information content (AvgIpc) is 2.92. The van der Waals surface area contributed by atoms with Crippen LogP contribution in [-0.2, 0) is 6.54 Å². The molecule has 1 aromatic heterocycles. The lowest BCUT2D eigenvalue weighted by Gasteiger charge is -2.03. The van der Waals surface area contributed by atoms with Crippen LogP contribution in [0.3, 0.4) is 0 Å². The maximum absolute atomic E-state index is 5.74. The molecule has 0 saturated carbocycles. The van der Waals surface area contributed by atoms with Gasteiger partial charge < -0.3 is 5.73 Å². The van der Waals surface area contributed by atoms with Crippen molar-refractivity contribution >= 4 is 11.3 Å². The van der Waals surface area contributed by atoms with Crippen molar-refractivity contribution in [3.8, 4) is 21.8 Å². The Labute approximate surface area is 135 Å². The molecule has 1 heterocycles. The Morgan fingerprint density at radius 2 is 1.77 bits per heavy atom. The number of nitrogens with zero attached hydrogens (tertiary/aromatic N) is 1. The number of thiazole rings is 1. The zero-order valence-corrected chi connectivity index (χ0v) is 14.0. The molecule has 3 heteroatoms. The molecule has 0 radical (unpaired) electrons. The second-order valence-electron chi connectivity index (χ2n) is 5.63. The highest BCUT2D eigenvalue weighted by Crippen LogP contribution is 2.34. The van der Waals surface area contributed by atoms with Crippen LogP contribution in [0.4, 0.5) is 0 Å². The molecule has 0 fully saturated rings. The summed E-state index contributed by atoms with van der Waals surface area (Å²) >= 11 is 1.74. The van der Waals surface area contributed by atoms with Crippen LogP contribution in [0.2, 0.25) is 0 Å². The van der Waals surface area contributed by atoms with Crippen molar-refractivity contribution in [1.29, 1.82) is 0 Å². The minimum Gasteiger partial charge on any atom is -0.326 e. The molecule has 2 N–H and O–H groups in total. The monoisotopic (exact) mass is 308 g/mol. The molecule has 3 rings (SSSR count). The average molecular weight is 308 g/mol. The van der Waals surface area contributed by atoms with Gasteiger partial charge in [-0.3, -0.25) is 0 Å². The first-order valence-electron chi connectivity index (χ1n) is 7.43. The Kier molecular flexibility index (Phi) is 4.10. The van der Waals surface area contributed by atoms with Crippen molar-refractivity contribution in [3.63, 3.8) is 0 Å². The van der Waals surface area contributed by atoms with Gasteiger partial charge in [0.05, 0.1) is 5.69 Å². The van der Waals surface area contributed by atoms with Crippen LogP contribution in [0, 0.1) is 20.8 Å². The fraction of sp³-hybridized carbons (Fsp3) is 0.211. The Morgan fingerprint density at radius 1 is 0.955 bits per heavy atom. The van der Waals surface area contributed by atoms with E-state index in [0.717, 1.165) is 21.8 Å². The van der Waals surface area contributed by atoms with Crippen molar-refractivity contribution in [1.82, 2.24) is 4.98 Å². The fourth-order valence-corrected chi connectivity index (χ4v) is 3.44. The lowest BCUT2D eigenvalue weighted by Crippen LogP contribution is -1.95. The van der Waals surface area contributed by atoms with Crippen LogP contribution in [0.25, 0.3) is 21.8 Å². The van der Waals surface area contributed by atoms with Gasteiger partial charge in [-0.2, -0.15) is 0 Å². The van der Waals surface area contributed by atoms with E-state index in [4.69, 9.17) is 10.7 Å². The van der Waals surface area contributed by atoms with Crippen LogP contribution in [-0.4, -0.2) is 4.98 Å². The number of aromatic nitrogens is 1. The van der Waals surface area contributed by atoms with Gasteiger partial charge in [-0.15, -0.1) is 11.3 Å². The molecule has 0 aliphatic carbocycles. The van der Waals surface area contributed by atoms with E-state index in [0.29, 0.717) is 6.54 Å². The van der Waals surface area contributed by atoms with Crippen LogP contribution >= 0.6 is 11.3 Å². The van der Waals surface area contributed by atoms with Gasteiger partial charge in [-0.05, 0) is 49.6 Å². The largest absolute Gasteiger partial charge is 0.326 e. The Bertz CT molecular complexity index is 818. The van der Waals surface area contributed by atoms with Gasteiger partial charge >= 0.3 is 0 Å². The first kappa shape index (κ1) is 14.9. The fourth-order valence-electron chi connectivity index (χ4n) is 2.51. The number of hydrogen-bond acceptors (Lipinski definition) is 3. The molecule has 0 aliphatic heterocycles. The van der Waals surface area contributed by atoms with Crippen LogP contribution in [0.15, 0.2) is 42.5 Å². The minimum atomic E-state index is 0.558. The van der Waals surface area contributed by atoms with Crippen molar-refractivity contribution in [2.45, 2.75) is 27.3 Å². The highest BCUT2D eigenvalue weighted by molar-refractivity contribution is 7.15. The van der Waals surface area contributed by atoms with Crippen LogP contribution in [0.1, 0.15) is 21.6 Å². The summed E-state index contributed by atoms with van der Waals surface area (Å²) in [6.45, 7) is 6.98. The quantitative estimate of drug-likeness (QED) is 0.750. The first-order valence-corrected chi connectivity index (χ1v) is 8.24. The lowest BCUT2D eigenvalue weighted by molar-refractivity contribution is 1.07. The Balaban J connectivity index is 2.05. The van der Waals surface area contributed by atoms with E-state index in [9.17, 15) is 0 Å². The highest BCUT2D eigenvalue weighted by atomic mass is 32.1. The second kappa shape index (κ2) is 6.03. The molecule has 0 atom stereocenters. The molecule has 2 aromatic carbocycles. The molecule has 22 heavy (non-hydrogen) atoms. The highest BCUT2D eigenvalue weighted by Gasteiger charge is 2.12.